The van der Waals surface area contributed by atoms with Gasteiger partial charge in [-0.15, -0.1) is 0 Å². The summed E-state index contributed by atoms with van der Waals surface area (Å²) in [7, 11) is 0. The SMILES string of the molecule is C=C(Br)COc1c(C(C)O)cc(Br)cc1[N+](=O)[O-]. The van der Waals surface area contributed by atoms with Crippen molar-refractivity contribution in [2.24, 2.45) is 0 Å². The number of hydrogen-bond acceptors (Lipinski definition) is 4. The molecule has 0 bridgehead atoms. The Balaban J connectivity index is 3.31. The number of rotatable bonds is 5. The van der Waals surface area contributed by atoms with Crippen molar-refractivity contribution in [3.8, 4) is 5.75 Å². The third-order valence-electron chi connectivity index (χ3n) is 2.08. The Hall–Kier alpha value is -0.920. The number of hydrogen-bond donors (Lipinski definition) is 1. The van der Waals surface area contributed by atoms with E-state index in [2.05, 4.69) is 38.4 Å². The molecule has 7 heteroatoms. The smallest absolute Gasteiger partial charge is 0.312 e. The van der Waals surface area contributed by atoms with Gasteiger partial charge in [0.25, 0.3) is 0 Å². The topological polar surface area (TPSA) is 72.6 Å². The number of aliphatic hydroxyl groups is 1. The number of benzene rings is 1. The van der Waals surface area contributed by atoms with E-state index in [4.69, 9.17) is 4.74 Å². The molecule has 1 unspecified atom stereocenters. The van der Waals surface area contributed by atoms with Gasteiger partial charge in [-0.05, 0) is 13.0 Å². The van der Waals surface area contributed by atoms with Crippen LogP contribution in [0.25, 0.3) is 0 Å². The van der Waals surface area contributed by atoms with Crippen molar-refractivity contribution in [1.29, 1.82) is 0 Å². The van der Waals surface area contributed by atoms with E-state index in [0.717, 1.165) is 0 Å². The molecule has 5 nitrogen and oxygen atoms in total. The van der Waals surface area contributed by atoms with E-state index in [1.165, 1.54) is 13.0 Å². The first-order valence-electron chi connectivity index (χ1n) is 4.95. The van der Waals surface area contributed by atoms with E-state index < -0.39 is 11.0 Å². The minimum absolute atomic E-state index is 0.0544. The zero-order valence-corrected chi connectivity index (χ0v) is 12.7. The fourth-order valence-corrected chi connectivity index (χ4v) is 1.93. The molecule has 1 atom stereocenters. The molecule has 1 N–H and O–H groups in total. The average Bonchev–Trinajstić information content (AvgIpc) is 2.25. The van der Waals surface area contributed by atoms with Gasteiger partial charge in [0.05, 0.1) is 11.0 Å². The number of nitrogens with zero attached hydrogens (tertiary/aromatic N) is 1. The normalized spacial score (nSPS) is 12.0. The van der Waals surface area contributed by atoms with Gasteiger partial charge in [-0.3, -0.25) is 10.1 Å². The maximum Gasteiger partial charge on any atom is 0.312 e. The molecule has 0 aliphatic rings. The largest absolute Gasteiger partial charge is 0.481 e. The maximum atomic E-state index is 11.0. The van der Waals surface area contributed by atoms with E-state index in [9.17, 15) is 15.2 Å². The molecule has 0 saturated carbocycles. The van der Waals surface area contributed by atoms with E-state index in [0.29, 0.717) is 14.5 Å². The van der Waals surface area contributed by atoms with Crippen LogP contribution in [0, 0.1) is 10.1 Å². The molecule has 0 aromatic heterocycles. The lowest BCUT2D eigenvalue weighted by atomic mass is 10.1. The summed E-state index contributed by atoms with van der Waals surface area (Å²) in [5.41, 5.74) is 0.152. The van der Waals surface area contributed by atoms with Crippen LogP contribution in [-0.4, -0.2) is 16.6 Å². The highest BCUT2D eigenvalue weighted by Crippen LogP contribution is 2.38. The Morgan fingerprint density at radius 2 is 2.28 bits per heavy atom. The summed E-state index contributed by atoms with van der Waals surface area (Å²) in [6.45, 7) is 5.19. The standard InChI is InChI=1S/C11H11Br2NO4/c1-6(12)5-18-11-9(7(2)15)3-8(13)4-10(11)14(16)17/h3-4,7,15H,1,5H2,2H3. The quantitative estimate of drug-likeness (QED) is 0.624. The van der Waals surface area contributed by atoms with E-state index in [-0.39, 0.29) is 18.0 Å². The molecule has 0 aliphatic carbocycles. The van der Waals surface area contributed by atoms with Crippen molar-refractivity contribution in [2.45, 2.75) is 13.0 Å². The van der Waals surface area contributed by atoms with Crippen LogP contribution in [0.1, 0.15) is 18.6 Å². The Bertz CT molecular complexity index is 488. The van der Waals surface area contributed by atoms with Crippen LogP contribution in [0.5, 0.6) is 5.75 Å². The van der Waals surface area contributed by atoms with Gasteiger partial charge in [-0.2, -0.15) is 0 Å². The first-order chi connectivity index (χ1) is 8.32. The van der Waals surface area contributed by atoms with Gasteiger partial charge in [0.15, 0.2) is 0 Å². The Morgan fingerprint density at radius 1 is 1.67 bits per heavy atom. The van der Waals surface area contributed by atoms with Crippen LogP contribution in [-0.2, 0) is 0 Å². The van der Waals surface area contributed by atoms with Crippen molar-refractivity contribution in [3.63, 3.8) is 0 Å². The molecule has 0 saturated heterocycles. The zero-order chi connectivity index (χ0) is 13.9. The molecular formula is C11H11Br2NO4. The van der Waals surface area contributed by atoms with Gasteiger partial charge in [0.1, 0.15) is 6.61 Å². The highest BCUT2D eigenvalue weighted by molar-refractivity contribution is 9.11. The first-order valence-corrected chi connectivity index (χ1v) is 6.53. The molecule has 1 aromatic carbocycles. The molecule has 0 heterocycles. The summed E-state index contributed by atoms with van der Waals surface area (Å²) in [6.07, 6.45) is -0.875. The van der Waals surface area contributed by atoms with Crippen molar-refractivity contribution in [2.75, 3.05) is 6.61 Å². The maximum absolute atomic E-state index is 11.0. The molecule has 0 spiro atoms. The predicted molar refractivity (Wildman–Crippen MR) is 75.0 cm³/mol. The van der Waals surface area contributed by atoms with Crippen molar-refractivity contribution in [3.05, 3.63) is 43.3 Å². The molecule has 1 rings (SSSR count). The summed E-state index contributed by atoms with van der Waals surface area (Å²) < 4.78 is 6.40. The number of aliphatic hydroxyl groups excluding tert-OH is 1. The zero-order valence-electron chi connectivity index (χ0n) is 9.52. The second-order valence-electron chi connectivity index (χ2n) is 3.58. The van der Waals surface area contributed by atoms with E-state index in [1.807, 2.05) is 0 Å². The van der Waals surface area contributed by atoms with Gasteiger partial charge < -0.3 is 9.84 Å². The molecule has 0 amide bonds. The van der Waals surface area contributed by atoms with E-state index in [1.54, 1.807) is 6.07 Å². The van der Waals surface area contributed by atoms with Gasteiger partial charge in [0.2, 0.25) is 5.75 Å². The second kappa shape index (κ2) is 6.31. The summed E-state index contributed by atoms with van der Waals surface area (Å²) >= 11 is 6.27. The summed E-state index contributed by atoms with van der Waals surface area (Å²) in [5.74, 6) is 0.0544. The van der Waals surface area contributed by atoms with Crippen molar-refractivity contribution in [1.82, 2.24) is 0 Å². The summed E-state index contributed by atoms with van der Waals surface area (Å²) in [6, 6.07) is 2.92. The highest BCUT2D eigenvalue weighted by atomic mass is 79.9. The predicted octanol–water partition coefficient (Wildman–Crippen LogP) is 3.70. The van der Waals surface area contributed by atoms with Gasteiger partial charge in [0, 0.05) is 20.6 Å². The number of halogens is 2. The fourth-order valence-electron chi connectivity index (χ4n) is 1.35. The van der Waals surface area contributed by atoms with Crippen LogP contribution in [0.4, 0.5) is 5.69 Å². The molecule has 0 aliphatic heterocycles. The van der Waals surface area contributed by atoms with Gasteiger partial charge in [-0.25, -0.2) is 0 Å². The average molecular weight is 381 g/mol. The van der Waals surface area contributed by atoms with Crippen LogP contribution in [0.3, 0.4) is 0 Å². The number of nitro benzene ring substituents is 1. The summed E-state index contributed by atoms with van der Waals surface area (Å²) in [4.78, 5) is 10.4. The number of nitro groups is 1. The molecule has 98 valence electrons. The third kappa shape index (κ3) is 3.79. The van der Waals surface area contributed by atoms with E-state index >= 15 is 0 Å². The van der Waals surface area contributed by atoms with Gasteiger partial charge >= 0.3 is 5.69 Å². The minimum atomic E-state index is -0.875. The summed E-state index contributed by atoms with van der Waals surface area (Å²) in [5, 5.41) is 20.6. The van der Waals surface area contributed by atoms with Crippen LogP contribution < -0.4 is 4.74 Å². The lowest BCUT2D eigenvalue weighted by molar-refractivity contribution is -0.386. The van der Waals surface area contributed by atoms with Crippen molar-refractivity contribution >= 4 is 37.5 Å². The van der Waals surface area contributed by atoms with Crippen molar-refractivity contribution < 1.29 is 14.8 Å². The van der Waals surface area contributed by atoms with Gasteiger partial charge in [-0.1, -0.05) is 38.4 Å². The monoisotopic (exact) mass is 379 g/mol. The fraction of sp³-hybridized carbons (Fsp3) is 0.273. The Labute approximate surface area is 121 Å². The lowest BCUT2D eigenvalue weighted by Gasteiger charge is -2.13. The molecular weight excluding hydrogens is 370 g/mol. The minimum Gasteiger partial charge on any atom is -0.481 e. The lowest BCUT2D eigenvalue weighted by Crippen LogP contribution is -2.05. The molecule has 0 fully saturated rings. The highest BCUT2D eigenvalue weighted by Gasteiger charge is 2.23. The van der Waals surface area contributed by atoms with Crippen LogP contribution in [0.2, 0.25) is 0 Å². The first kappa shape index (κ1) is 15.1. The molecule has 1 aromatic rings. The molecule has 18 heavy (non-hydrogen) atoms. The van der Waals surface area contributed by atoms with Crippen LogP contribution in [0.15, 0.2) is 27.7 Å². The molecule has 0 radical (unpaired) electrons. The third-order valence-corrected chi connectivity index (χ3v) is 2.77. The second-order valence-corrected chi connectivity index (χ2v) is 5.62. The number of ether oxygens (including phenoxy) is 1. The Morgan fingerprint density at radius 3 is 2.72 bits per heavy atom. The van der Waals surface area contributed by atoms with Crippen LogP contribution >= 0.6 is 31.9 Å². The Kier molecular flexibility index (Phi) is 5.30.